The van der Waals surface area contributed by atoms with Crippen LogP contribution in [-0.4, -0.2) is 37.4 Å². The van der Waals surface area contributed by atoms with Crippen LogP contribution in [0.5, 0.6) is 0 Å². The fourth-order valence-electron chi connectivity index (χ4n) is 3.72. The fourth-order valence-corrected chi connectivity index (χ4v) is 4.72. The van der Waals surface area contributed by atoms with Crippen LogP contribution < -0.4 is 10.0 Å². The molecule has 0 bridgehead atoms. The number of esters is 1. The van der Waals surface area contributed by atoms with Gasteiger partial charge in [0.05, 0.1) is 0 Å². The molecular weight excluding hydrogens is 522 g/mol. The average Bonchev–Trinajstić information content (AvgIpc) is 3.42. The third-order valence-corrected chi connectivity index (χ3v) is 6.85. The van der Waals surface area contributed by atoms with Gasteiger partial charge in [0.25, 0.3) is 5.91 Å². The Hall–Kier alpha value is -4.90. The molecule has 2 amide bonds. The molecule has 0 aliphatic carbocycles. The lowest BCUT2D eigenvalue weighted by molar-refractivity contribution is 0.0465. The number of rotatable bonds is 9. The van der Waals surface area contributed by atoms with Gasteiger partial charge >= 0.3 is 22.3 Å². The smallest absolute Gasteiger partial charge is 0.422 e. The highest BCUT2D eigenvalue weighted by molar-refractivity contribution is 7.88. The predicted molar refractivity (Wildman–Crippen MR) is 143 cm³/mol. The topological polar surface area (TPSA) is 133 Å². The summed E-state index contributed by atoms with van der Waals surface area (Å²) >= 11 is 0. The van der Waals surface area contributed by atoms with E-state index in [0.717, 1.165) is 6.20 Å². The number of aromatic nitrogens is 1. The lowest BCUT2D eigenvalue weighted by Crippen LogP contribution is -2.36. The van der Waals surface area contributed by atoms with Gasteiger partial charge in [0.2, 0.25) is 0 Å². The van der Waals surface area contributed by atoms with Crippen molar-refractivity contribution in [1.29, 1.82) is 0 Å². The summed E-state index contributed by atoms with van der Waals surface area (Å²) in [7, 11) is -3.15. The summed E-state index contributed by atoms with van der Waals surface area (Å²) in [5.41, 5.74) is 1.87. The van der Waals surface area contributed by atoms with E-state index in [-0.39, 0.29) is 30.4 Å². The lowest BCUT2D eigenvalue weighted by Gasteiger charge is -2.13. The molecule has 39 heavy (non-hydrogen) atoms. The van der Waals surface area contributed by atoms with Crippen LogP contribution in [0.2, 0.25) is 0 Å². The number of amides is 2. The zero-order chi connectivity index (χ0) is 27.8. The largest absolute Gasteiger partial charge is 0.456 e. The molecule has 0 radical (unpaired) electrons. The summed E-state index contributed by atoms with van der Waals surface area (Å²) in [6, 6.07) is 25.3. The molecule has 0 fully saturated rings. The highest BCUT2D eigenvalue weighted by atomic mass is 32.2. The van der Waals surface area contributed by atoms with Crippen molar-refractivity contribution in [3.8, 4) is 11.1 Å². The van der Waals surface area contributed by atoms with Crippen molar-refractivity contribution in [3.63, 3.8) is 0 Å². The second kappa shape index (κ2) is 12.1. The molecule has 200 valence electrons. The first kappa shape index (κ1) is 27.1. The third kappa shape index (κ3) is 6.70. The van der Waals surface area contributed by atoms with Crippen LogP contribution in [0.4, 0.5) is 4.79 Å². The number of carbonyl (C=O) groups is 3. The molecule has 2 N–H and O–H groups in total. The Kier molecular flexibility index (Phi) is 8.42. The molecule has 4 aromatic rings. The predicted octanol–water partition coefficient (Wildman–Crippen LogP) is 3.89. The normalized spacial score (nSPS) is 10.9. The zero-order valence-electron chi connectivity index (χ0n) is 20.9. The van der Waals surface area contributed by atoms with Gasteiger partial charge in [0, 0.05) is 24.4 Å². The average molecular weight is 548 g/mol. The minimum atomic E-state index is -4.63. The fraction of sp³-hybridized carbons (Fsp3) is 0.107. The highest BCUT2D eigenvalue weighted by Crippen LogP contribution is 2.28. The number of ether oxygens (including phenoxy) is 2. The molecule has 0 saturated heterocycles. The molecule has 1 aromatic heterocycles. The van der Waals surface area contributed by atoms with Gasteiger partial charge in [0.15, 0.2) is 5.69 Å². The molecule has 1 heterocycles. The highest BCUT2D eigenvalue weighted by Gasteiger charge is 2.28. The van der Waals surface area contributed by atoms with Gasteiger partial charge in [0.1, 0.15) is 13.2 Å². The van der Waals surface area contributed by atoms with Gasteiger partial charge in [-0.2, -0.15) is 8.42 Å². The summed E-state index contributed by atoms with van der Waals surface area (Å²) in [6.45, 7) is -0.271. The first-order chi connectivity index (χ1) is 18.8. The number of hydrogen-bond acceptors (Lipinski definition) is 7. The standard InChI is InChI=1S/C28H25N3O7S/c1-29-26(32)23-14-8-13-22(17-23)24-15-16-31(25(24)27(33)37-18-20-9-4-2-5-10-20)39(35,36)30-28(34)38-19-21-11-6-3-7-12-21/h2-17H,18-19H2,1H3,(H,29,32)(H,30,34). The van der Waals surface area contributed by atoms with Crippen molar-refractivity contribution >= 4 is 28.2 Å². The number of carbonyl (C=O) groups excluding carboxylic acids is 3. The van der Waals surface area contributed by atoms with E-state index in [1.54, 1.807) is 72.8 Å². The second-order valence-electron chi connectivity index (χ2n) is 8.26. The van der Waals surface area contributed by atoms with Crippen LogP contribution in [0.25, 0.3) is 11.1 Å². The van der Waals surface area contributed by atoms with E-state index >= 15 is 0 Å². The monoisotopic (exact) mass is 547 g/mol. The molecule has 0 unspecified atom stereocenters. The summed E-state index contributed by atoms with van der Waals surface area (Å²) in [5.74, 6) is -1.31. The Labute approximate surface area is 225 Å². The first-order valence-electron chi connectivity index (χ1n) is 11.8. The molecule has 0 aliphatic heterocycles. The van der Waals surface area contributed by atoms with Crippen LogP contribution in [0.3, 0.4) is 0 Å². The molecule has 0 aliphatic rings. The van der Waals surface area contributed by atoms with Crippen LogP contribution in [0.15, 0.2) is 97.2 Å². The summed E-state index contributed by atoms with van der Waals surface area (Å²) in [4.78, 5) is 37.8. The van der Waals surface area contributed by atoms with Crippen LogP contribution >= 0.6 is 0 Å². The maximum absolute atomic E-state index is 13.3. The van der Waals surface area contributed by atoms with Crippen molar-refractivity contribution in [2.45, 2.75) is 13.2 Å². The maximum atomic E-state index is 13.3. The Morgan fingerprint density at radius 1 is 0.795 bits per heavy atom. The molecule has 10 nitrogen and oxygen atoms in total. The number of nitrogens with zero attached hydrogens (tertiary/aromatic N) is 1. The van der Waals surface area contributed by atoms with Crippen molar-refractivity contribution in [3.05, 3.63) is 120 Å². The Bertz CT molecular complexity index is 1580. The number of hydrogen-bond donors (Lipinski definition) is 2. The van der Waals surface area contributed by atoms with E-state index in [9.17, 15) is 22.8 Å². The molecule has 0 spiro atoms. The number of nitrogens with one attached hydrogen (secondary N) is 2. The minimum Gasteiger partial charge on any atom is -0.456 e. The molecular formula is C28H25N3O7S. The van der Waals surface area contributed by atoms with E-state index in [1.165, 1.54) is 19.2 Å². The van der Waals surface area contributed by atoms with Gasteiger partial charge in [-0.05, 0) is 34.9 Å². The van der Waals surface area contributed by atoms with Crippen molar-refractivity contribution in [2.75, 3.05) is 7.05 Å². The summed E-state index contributed by atoms with van der Waals surface area (Å²) < 4.78 is 39.3. The van der Waals surface area contributed by atoms with Crippen molar-refractivity contribution in [1.82, 2.24) is 14.0 Å². The van der Waals surface area contributed by atoms with E-state index in [0.29, 0.717) is 26.2 Å². The van der Waals surface area contributed by atoms with Gasteiger partial charge < -0.3 is 14.8 Å². The Balaban J connectivity index is 1.65. The van der Waals surface area contributed by atoms with E-state index in [4.69, 9.17) is 9.47 Å². The summed E-state index contributed by atoms with van der Waals surface area (Å²) in [5, 5.41) is 2.52. The quantitative estimate of drug-likeness (QED) is 0.304. The van der Waals surface area contributed by atoms with Crippen LogP contribution in [0.1, 0.15) is 32.0 Å². The molecule has 0 saturated carbocycles. The molecule has 11 heteroatoms. The van der Waals surface area contributed by atoms with Gasteiger partial charge in [-0.15, -0.1) is 0 Å². The molecule has 0 atom stereocenters. The van der Waals surface area contributed by atoms with Crippen molar-refractivity contribution < 1.29 is 32.3 Å². The van der Waals surface area contributed by atoms with E-state index in [2.05, 4.69) is 5.32 Å². The second-order valence-corrected chi connectivity index (χ2v) is 9.81. The van der Waals surface area contributed by atoms with Gasteiger partial charge in [-0.25, -0.2) is 18.3 Å². The minimum absolute atomic E-state index is 0.116. The number of benzene rings is 3. The lowest BCUT2D eigenvalue weighted by atomic mass is 10.0. The zero-order valence-corrected chi connectivity index (χ0v) is 21.7. The first-order valence-corrected chi connectivity index (χ1v) is 13.2. The SMILES string of the molecule is CNC(=O)c1cccc(-c2ccn(S(=O)(=O)NC(=O)OCc3ccccc3)c2C(=O)OCc2ccccc2)c1. The third-order valence-electron chi connectivity index (χ3n) is 5.61. The van der Waals surface area contributed by atoms with Crippen LogP contribution in [-0.2, 0) is 32.9 Å². The molecule has 3 aromatic carbocycles. The van der Waals surface area contributed by atoms with Crippen LogP contribution in [0, 0.1) is 0 Å². The van der Waals surface area contributed by atoms with E-state index in [1.807, 2.05) is 10.8 Å². The summed E-state index contributed by atoms with van der Waals surface area (Å²) in [6.07, 6.45) is -0.104. The van der Waals surface area contributed by atoms with Crippen molar-refractivity contribution in [2.24, 2.45) is 0 Å². The maximum Gasteiger partial charge on any atom is 0.422 e. The van der Waals surface area contributed by atoms with Gasteiger partial charge in [-0.1, -0.05) is 72.8 Å². The van der Waals surface area contributed by atoms with E-state index < -0.39 is 22.3 Å². The molecule has 4 rings (SSSR count). The Morgan fingerprint density at radius 3 is 2.03 bits per heavy atom. The Morgan fingerprint density at radius 2 is 1.41 bits per heavy atom. The van der Waals surface area contributed by atoms with Gasteiger partial charge in [-0.3, -0.25) is 4.79 Å².